The van der Waals surface area contributed by atoms with Crippen molar-refractivity contribution in [3.8, 4) is 5.69 Å². The Morgan fingerprint density at radius 2 is 1.78 bits per heavy atom. The van der Waals surface area contributed by atoms with Gasteiger partial charge in [-0.25, -0.2) is 13.8 Å². The standard InChI is InChI=1S/C27H21ClF2N6O/c1-16-2-5-24-23(8-16)33-25-6-7-27(13-36(24)25,17-9-18(29)11-19(30)10-17)34-26(37)21-4-3-20(12-22(21)28)35-14-31-32-15-35/h2-5,8-12,14-15H,6-7,13H2,1H3,(H,34,37). The van der Waals surface area contributed by atoms with Crippen molar-refractivity contribution >= 4 is 28.5 Å². The molecule has 5 aromatic rings. The Kier molecular flexibility index (Phi) is 5.52. The summed E-state index contributed by atoms with van der Waals surface area (Å²) in [5.74, 6) is -1.01. The van der Waals surface area contributed by atoms with E-state index in [0.717, 1.165) is 28.5 Å². The van der Waals surface area contributed by atoms with Gasteiger partial charge in [0.25, 0.3) is 5.91 Å². The lowest BCUT2D eigenvalue weighted by atomic mass is 9.82. The third kappa shape index (κ3) is 4.15. The molecule has 1 unspecified atom stereocenters. The summed E-state index contributed by atoms with van der Waals surface area (Å²) in [6.45, 7) is 2.25. The number of nitrogens with zero attached hydrogens (tertiary/aromatic N) is 5. The molecular weight excluding hydrogens is 498 g/mol. The Hall–Kier alpha value is -4.11. The van der Waals surface area contributed by atoms with Crippen LogP contribution in [-0.2, 0) is 18.5 Å². The van der Waals surface area contributed by atoms with Crippen LogP contribution >= 0.6 is 11.6 Å². The zero-order valence-electron chi connectivity index (χ0n) is 19.8. The molecule has 2 aromatic heterocycles. The SMILES string of the molecule is Cc1ccc2c(c1)nc1n2CC(NC(=O)c2ccc(-n3cnnc3)cc2Cl)(c2cc(F)cc(F)c2)CC1. The number of imidazole rings is 1. The minimum atomic E-state index is -1.10. The normalized spacial score (nSPS) is 17.1. The lowest BCUT2D eigenvalue weighted by Gasteiger charge is -2.39. The number of hydrogen-bond donors (Lipinski definition) is 1. The van der Waals surface area contributed by atoms with E-state index in [2.05, 4.69) is 15.5 Å². The highest BCUT2D eigenvalue weighted by atomic mass is 35.5. The minimum absolute atomic E-state index is 0.226. The molecule has 0 radical (unpaired) electrons. The number of nitrogens with one attached hydrogen (secondary N) is 1. The van der Waals surface area contributed by atoms with Crippen molar-refractivity contribution in [1.82, 2.24) is 29.6 Å². The van der Waals surface area contributed by atoms with Crippen LogP contribution in [0.3, 0.4) is 0 Å². The van der Waals surface area contributed by atoms with Crippen LogP contribution in [-0.4, -0.2) is 30.2 Å². The van der Waals surface area contributed by atoms with Gasteiger partial charge < -0.3 is 9.88 Å². The second-order valence-corrected chi connectivity index (χ2v) is 9.74. The summed E-state index contributed by atoms with van der Waals surface area (Å²) in [6.07, 6.45) is 3.96. The second kappa shape index (κ2) is 8.77. The largest absolute Gasteiger partial charge is 0.341 e. The Morgan fingerprint density at radius 3 is 2.51 bits per heavy atom. The number of aryl methyl sites for hydroxylation is 2. The van der Waals surface area contributed by atoms with E-state index in [1.54, 1.807) is 22.8 Å². The maximum Gasteiger partial charge on any atom is 0.253 e. The fourth-order valence-electron chi connectivity index (χ4n) is 5.04. The molecule has 0 fully saturated rings. The van der Waals surface area contributed by atoms with Gasteiger partial charge in [0.05, 0.1) is 33.7 Å². The van der Waals surface area contributed by atoms with Crippen molar-refractivity contribution in [2.24, 2.45) is 0 Å². The number of benzene rings is 3. The summed E-state index contributed by atoms with van der Waals surface area (Å²) in [7, 11) is 0. The molecule has 0 aliphatic carbocycles. The molecule has 1 amide bonds. The van der Waals surface area contributed by atoms with Crippen molar-refractivity contribution in [3.63, 3.8) is 0 Å². The zero-order valence-corrected chi connectivity index (χ0v) is 20.5. The Balaban J connectivity index is 1.42. The van der Waals surface area contributed by atoms with E-state index in [1.807, 2.05) is 29.7 Å². The van der Waals surface area contributed by atoms with Crippen molar-refractivity contribution in [2.45, 2.75) is 31.8 Å². The Morgan fingerprint density at radius 1 is 1.03 bits per heavy atom. The van der Waals surface area contributed by atoms with Crippen LogP contribution in [0.2, 0.25) is 5.02 Å². The van der Waals surface area contributed by atoms with Gasteiger partial charge >= 0.3 is 0 Å². The molecule has 186 valence electrons. The molecular formula is C27H21ClF2N6O. The molecule has 1 atom stereocenters. The van der Waals surface area contributed by atoms with Gasteiger partial charge in [0.1, 0.15) is 30.1 Å². The Bertz CT molecular complexity index is 1650. The lowest BCUT2D eigenvalue weighted by Crippen LogP contribution is -2.51. The average molecular weight is 519 g/mol. The first-order valence-electron chi connectivity index (χ1n) is 11.7. The van der Waals surface area contributed by atoms with Crippen molar-refractivity contribution in [2.75, 3.05) is 0 Å². The maximum atomic E-state index is 14.4. The van der Waals surface area contributed by atoms with E-state index < -0.39 is 23.1 Å². The highest BCUT2D eigenvalue weighted by Gasteiger charge is 2.40. The molecule has 0 bridgehead atoms. The van der Waals surface area contributed by atoms with E-state index in [9.17, 15) is 13.6 Å². The van der Waals surface area contributed by atoms with Gasteiger partial charge in [0, 0.05) is 18.2 Å². The highest BCUT2D eigenvalue weighted by molar-refractivity contribution is 6.34. The predicted octanol–water partition coefficient (Wildman–Crippen LogP) is 5.13. The number of carbonyl (C=O) groups excluding carboxylic acids is 1. The van der Waals surface area contributed by atoms with E-state index in [1.165, 1.54) is 24.8 Å². The van der Waals surface area contributed by atoms with Crippen LogP contribution in [0.4, 0.5) is 8.78 Å². The predicted molar refractivity (Wildman–Crippen MR) is 135 cm³/mol. The molecule has 37 heavy (non-hydrogen) atoms. The molecule has 6 rings (SSSR count). The smallest absolute Gasteiger partial charge is 0.253 e. The molecule has 3 heterocycles. The number of carbonyl (C=O) groups is 1. The summed E-state index contributed by atoms with van der Waals surface area (Å²) in [4.78, 5) is 18.4. The fraction of sp³-hybridized carbons (Fsp3) is 0.185. The molecule has 1 aliphatic heterocycles. The third-order valence-corrected chi connectivity index (χ3v) is 7.18. The molecule has 7 nitrogen and oxygen atoms in total. The number of hydrogen-bond acceptors (Lipinski definition) is 4. The van der Waals surface area contributed by atoms with E-state index in [4.69, 9.17) is 16.6 Å². The van der Waals surface area contributed by atoms with Gasteiger partial charge in [-0.3, -0.25) is 9.36 Å². The molecule has 0 saturated heterocycles. The van der Waals surface area contributed by atoms with Gasteiger partial charge in [-0.2, -0.15) is 0 Å². The number of fused-ring (bicyclic) bond motifs is 3. The van der Waals surface area contributed by atoms with Gasteiger partial charge in [-0.05, 0) is 66.9 Å². The van der Waals surface area contributed by atoms with Gasteiger partial charge in [0.2, 0.25) is 0 Å². The summed E-state index contributed by atoms with van der Waals surface area (Å²) in [6, 6.07) is 14.3. The molecule has 10 heteroatoms. The van der Waals surface area contributed by atoms with Crippen molar-refractivity contribution < 1.29 is 13.6 Å². The Labute approximate surface area is 215 Å². The summed E-state index contributed by atoms with van der Waals surface area (Å²) < 4.78 is 32.4. The van der Waals surface area contributed by atoms with Crippen LogP contribution in [0.15, 0.2) is 67.3 Å². The fourth-order valence-corrected chi connectivity index (χ4v) is 5.30. The first-order chi connectivity index (χ1) is 17.8. The minimum Gasteiger partial charge on any atom is -0.341 e. The van der Waals surface area contributed by atoms with E-state index in [-0.39, 0.29) is 17.1 Å². The van der Waals surface area contributed by atoms with Crippen molar-refractivity contribution in [1.29, 1.82) is 0 Å². The maximum absolute atomic E-state index is 14.4. The topological polar surface area (TPSA) is 77.6 Å². The third-order valence-electron chi connectivity index (χ3n) is 6.87. The van der Waals surface area contributed by atoms with Gasteiger partial charge in [-0.1, -0.05) is 17.7 Å². The van der Waals surface area contributed by atoms with Crippen LogP contribution in [0.1, 0.15) is 33.7 Å². The molecule has 3 aromatic carbocycles. The van der Waals surface area contributed by atoms with Crippen LogP contribution in [0.25, 0.3) is 16.7 Å². The summed E-state index contributed by atoms with van der Waals surface area (Å²) >= 11 is 6.51. The molecule has 0 spiro atoms. The number of halogens is 3. The van der Waals surface area contributed by atoms with Crippen molar-refractivity contribution in [3.05, 3.63) is 106 Å². The number of aromatic nitrogens is 5. The second-order valence-electron chi connectivity index (χ2n) is 9.33. The number of amides is 1. The highest BCUT2D eigenvalue weighted by Crippen LogP contribution is 2.37. The monoisotopic (exact) mass is 518 g/mol. The zero-order chi connectivity index (χ0) is 25.7. The van der Waals surface area contributed by atoms with Crippen LogP contribution in [0.5, 0.6) is 0 Å². The summed E-state index contributed by atoms with van der Waals surface area (Å²) in [5, 5.41) is 10.9. The summed E-state index contributed by atoms with van der Waals surface area (Å²) in [5.41, 5.74) is 3.00. The van der Waals surface area contributed by atoms with Gasteiger partial charge in [0.15, 0.2) is 0 Å². The number of rotatable bonds is 4. The quantitative estimate of drug-likeness (QED) is 0.358. The van der Waals surface area contributed by atoms with Crippen LogP contribution < -0.4 is 5.32 Å². The average Bonchev–Trinajstić information content (AvgIpc) is 3.51. The van der Waals surface area contributed by atoms with Gasteiger partial charge in [-0.15, -0.1) is 10.2 Å². The van der Waals surface area contributed by atoms with Crippen LogP contribution in [0, 0.1) is 18.6 Å². The first-order valence-corrected chi connectivity index (χ1v) is 12.1. The van der Waals surface area contributed by atoms with E-state index in [0.29, 0.717) is 24.1 Å². The van der Waals surface area contributed by atoms with E-state index >= 15 is 0 Å². The molecule has 0 saturated carbocycles. The molecule has 1 aliphatic rings. The molecule has 1 N–H and O–H groups in total. The first kappa shape index (κ1) is 23.3. The lowest BCUT2D eigenvalue weighted by molar-refractivity contribution is 0.0866.